The van der Waals surface area contributed by atoms with Crippen LogP contribution in [0.4, 0.5) is 8.78 Å². The summed E-state index contributed by atoms with van der Waals surface area (Å²) in [5.41, 5.74) is 3.19. The fourth-order valence-electron chi connectivity index (χ4n) is 4.23. The van der Waals surface area contributed by atoms with Gasteiger partial charge < -0.3 is 18.9 Å². The third-order valence-corrected chi connectivity index (χ3v) is 7.12. The molecule has 0 saturated heterocycles. The first-order valence-corrected chi connectivity index (χ1v) is 16.3. The molecule has 270 valence electrons. The van der Waals surface area contributed by atoms with Crippen LogP contribution in [0.25, 0.3) is 12.2 Å². The molecule has 4 rings (SSSR count). The minimum atomic E-state index is -1.34. The van der Waals surface area contributed by atoms with Crippen LogP contribution in [0.15, 0.2) is 128 Å². The molecule has 0 N–H and O–H groups in total. The van der Waals surface area contributed by atoms with Gasteiger partial charge in [-0.15, -0.1) is 0 Å². The standard InChI is InChI=1S/C45H34F2O7/c1-6-41(48)54-40-28-37(21-17-33-13-15-36(16-14-33)29-53-45(50)31(4)5)42(46)43(47)39(40)24-20-34-18-22-38(23-19-34)51-26-7-8-32-9-11-35(12-10-32)25-27-52-44(49)30(2)3/h6-16,18-19,22-23,25,27-28H,1-2,4,26,29H2,3,5H3. The summed E-state index contributed by atoms with van der Waals surface area (Å²) in [4.78, 5) is 35.1. The van der Waals surface area contributed by atoms with E-state index in [4.69, 9.17) is 18.9 Å². The topological polar surface area (TPSA) is 88.1 Å². The maximum absolute atomic E-state index is 15.4. The van der Waals surface area contributed by atoms with Crippen molar-refractivity contribution in [2.45, 2.75) is 20.5 Å². The summed E-state index contributed by atoms with van der Waals surface area (Å²) in [6.07, 6.45) is 7.60. The summed E-state index contributed by atoms with van der Waals surface area (Å²) in [7, 11) is 0. The van der Waals surface area contributed by atoms with Crippen molar-refractivity contribution >= 4 is 30.1 Å². The van der Waals surface area contributed by atoms with E-state index in [2.05, 4.69) is 43.4 Å². The Bertz CT molecular complexity index is 2260. The molecule has 0 radical (unpaired) electrons. The third-order valence-electron chi connectivity index (χ3n) is 7.12. The van der Waals surface area contributed by atoms with Gasteiger partial charge in [-0.25, -0.2) is 23.2 Å². The number of hydrogen-bond acceptors (Lipinski definition) is 7. The second-order valence-electron chi connectivity index (χ2n) is 11.5. The van der Waals surface area contributed by atoms with Gasteiger partial charge in [-0.1, -0.05) is 85.9 Å². The Labute approximate surface area is 312 Å². The molecule has 9 heteroatoms. The van der Waals surface area contributed by atoms with Crippen LogP contribution in [0, 0.1) is 35.3 Å². The Balaban J connectivity index is 1.41. The number of halogens is 2. The molecule has 0 heterocycles. The van der Waals surface area contributed by atoms with Crippen molar-refractivity contribution in [1.82, 2.24) is 0 Å². The summed E-state index contributed by atoms with van der Waals surface area (Å²) in [6.45, 7) is 13.8. The molecule has 0 bridgehead atoms. The van der Waals surface area contributed by atoms with Gasteiger partial charge >= 0.3 is 17.9 Å². The molecule has 0 fully saturated rings. The molecule has 0 aliphatic carbocycles. The summed E-state index contributed by atoms with van der Waals surface area (Å²) < 4.78 is 51.6. The fraction of sp³-hybridized carbons (Fsp3) is 0.0889. The molecule has 0 atom stereocenters. The van der Waals surface area contributed by atoms with Crippen molar-refractivity contribution in [2.75, 3.05) is 6.61 Å². The zero-order chi connectivity index (χ0) is 39.0. The highest BCUT2D eigenvalue weighted by atomic mass is 19.2. The lowest BCUT2D eigenvalue weighted by atomic mass is 10.1. The highest BCUT2D eigenvalue weighted by molar-refractivity contribution is 5.88. The van der Waals surface area contributed by atoms with Crippen LogP contribution in [0.1, 0.15) is 52.8 Å². The minimum Gasteiger partial charge on any atom is -0.490 e. The Morgan fingerprint density at radius 3 is 1.94 bits per heavy atom. The lowest BCUT2D eigenvalue weighted by Gasteiger charge is -2.08. The molecule has 0 aliphatic rings. The summed E-state index contributed by atoms with van der Waals surface area (Å²) in [5, 5.41) is 0. The van der Waals surface area contributed by atoms with Gasteiger partial charge in [-0.2, -0.15) is 0 Å². The van der Waals surface area contributed by atoms with Crippen LogP contribution in [-0.2, 0) is 30.5 Å². The highest BCUT2D eigenvalue weighted by Gasteiger charge is 2.19. The molecule has 0 spiro atoms. The number of ether oxygens (including phenoxy) is 4. The van der Waals surface area contributed by atoms with Crippen molar-refractivity contribution in [2.24, 2.45) is 0 Å². The molecular formula is C45H34F2O7. The first-order chi connectivity index (χ1) is 25.9. The Morgan fingerprint density at radius 1 is 0.741 bits per heavy atom. The predicted molar refractivity (Wildman–Crippen MR) is 203 cm³/mol. The van der Waals surface area contributed by atoms with Crippen LogP contribution < -0.4 is 9.47 Å². The molecule has 4 aromatic rings. The van der Waals surface area contributed by atoms with Crippen LogP contribution in [0.3, 0.4) is 0 Å². The lowest BCUT2D eigenvalue weighted by Crippen LogP contribution is -2.07. The van der Waals surface area contributed by atoms with E-state index in [1.54, 1.807) is 68.5 Å². The lowest BCUT2D eigenvalue weighted by molar-refractivity contribution is -0.140. The number of esters is 3. The first-order valence-electron chi connectivity index (χ1n) is 16.3. The van der Waals surface area contributed by atoms with Crippen LogP contribution in [0.5, 0.6) is 11.5 Å². The van der Waals surface area contributed by atoms with Crippen molar-refractivity contribution in [1.29, 1.82) is 0 Å². The average Bonchev–Trinajstić information content (AvgIpc) is 3.17. The highest BCUT2D eigenvalue weighted by Crippen LogP contribution is 2.27. The Kier molecular flexibility index (Phi) is 14.2. The van der Waals surface area contributed by atoms with Crippen molar-refractivity contribution in [3.63, 3.8) is 0 Å². The molecule has 4 aromatic carbocycles. The van der Waals surface area contributed by atoms with E-state index in [1.807, 2.05) is 36.4 Å². The molecule has 7 nitrogen and oxygen atoms in total. The molecular weight excluding hydrogens is 690 g/mol. The van der Waals surface area contributed by atoms with E-state index in [9.17, 15) is 14.4 Å². The molecule has 54 heavy (non-hydrogen) atoms. The van der Waals surface area contributed by atoms with Gasteiger partial charge in [0.2, 0.25) is 0 Å². The summed E-state index contributed by atoms with van der Waals surface area (Å²) in [5.74, 6) is 6.38. The molecule has 0 unspecified atom stereocenters. The molecule has 0 amide bonds. The average molecular weight is 725 g/mol. The number of rotatable bonds is 12. The van der Waals surface area contributed by atoms with Gasteiger partial charge in [0.1, 0.15) is 24.5 Å². The normalized spacial score (nSPS) is 10.4. The third kappa shape index (κ3) is 11.9. The van der Waals surface area contributed by atoms with Gasteiger partial charge in [-0.3, -0.25) is 0 Å². The zero-order valence-corrected chi connectivity index (χ0v) is 29.5. The van der Waals surface area contributed by atoms with E-state index >= 15 is 8.78 Å². The summed E-state index contributed by atoms with van der Waals surface area (Å²) >= 11 is 0. The van der Waals surface area contributed by atoms with Gasteiger partial charge in [0.05, 0.1) is 11.8 Å². The second-order valence-corrected chi connectivity index (χ2v) is 11.5. The molecule has 0 aromatic heterocycles. The van der Waals surface area contributed by atoms with E-state index in [0.717, 1.165) is 23.3 Å². The number of hydrogen-bond donors (Lipinski definition) is 0. The van der Waals surface area contributed by atoms with Crippen molar-refractivity contribution < 1.29 is 42.1 Å². The largest absolute Gasteiger partial charge is 0.490 e. The molecule has 0 saturated carbocycles. The van der Waals surface area contributed by atoms with Crippen molar-refractivity contribution in [3.8, 4) is 35.2 Å². The Hall–Kier alpha value is -7.23. The van der Waals surface area contributed by atoms with Crippen LogP contribution in [-0.4, -0.2) is 24.5 Å². The van der Waals surface area contributed by atoms with Crippen LogP contribution >= 0.6 is 0 Å². The predicted octanol–water partition coefficient (Wildman–Crippen LogP) is 8.66. The zero-order valence-electron chi connectivity index (χ0n) is 29.5. The smallest absolute Gasteiger partial charge is 0.337 e. The minimum absolute atomic E-state index is 0.0341. The van der Waals surface area contributed by atoms with E-state index in [-0.39, 0.29) is 30.1 Å². The monoisotopic (exact) mass is 724 g/mol. The summed E-state index contributed by atoms with van der Waals surface area (Å²) in [6, 6.07) is 21.9. The number of benzene rings is 4. The maximum Gasteiger partial charge on any atom is 0.337 e. The van der Waals surface area contributed by atoms with E-state index < -0.39 is 35.1 Å². The van der Waals surface area contributed by atoms with Gasteiger partial charge in [0, 0.05) is 34.4 Å². The number of carbonyl (C=O) groups is 3. The molecule has 0 aliphatic heterocycles. The van der Waals surface area contributed by atoms with E-state index in [0.29, 0.717) is 28.0 Å². The Morgan fingerprint density at radius 2 is 1.33 bits per heavy atom. The fourth-order valence-corrected chi connectivity index (χ4v) is 4.23. The quantitative estimate of drug-likeness (QED) is 0.0475. The van der Waals surface area contributed by atoms with Crippen LogP contribution in [0.2, 0.25) is 0 Å². The van der Waals surface area contributed by atoms with E-state index in [1.165, 1.54) is 6.26 Å². The number of carbonyl (C=O) groups excluding carboxylic acids is 3. The van der Waals surface area contributed by atoms with Gasteiger partial charge in [0.25, 0.3) is 0 Å². The first kappa shape index (κ1) is 39.6. The maximum atomic E-state index is 15.4. The van der Waals surface area contributed by atoms with Gasteiger partial charge in [0.15, 0.2) is 17.4 Å². The van der Waals surface area contributed by atoms with Crippen molar-refractivity contribution in [3.05, 3.63) is 179 Å². The second kappa shape index (κ2) is 19.4. The van der Waals surface area contributed by atoms with Gasteiger partial charge in [-0.05, 0) is 79.1 Å². The SMILES string of the molecule is C=CC(=O)Oc1cc(C#Cc2ccc(COC(=O)C(=C)C)cc2)c(F)c(F)c1C#Cc1ccc(OCC=Cc2ccc(C=COC(=O)C(=C)C)cc2)cc1.